The maximum absolute atomic E-state index is 4.35. The number of nitrogens with zero attached hydrogens (tertiary/aromatic N) is 3. The van der Waals surface area contributed by atoms with Crippen molar-refractivity contribution in [2.24, 2.45) is 0 Å². The third kappa shape index (κ3) is 2.69. The van der Waals surface area contributed by atoms with Crippen molar-refractivity contribution in [2.45, 2.75) is 25.3 Å². The summed E-state index contributed by atoms with van der Waals surface area (Å²) in [5, 5.41) is 0.961. The van der Waals surface area contributed by atoms with Crippen LogP contribution in [0.1, 0.15) is 19.3 Å². The van der Waals surface area contributed by atoms with Gasteiger partial charge in [0, 0.05) is 30.3 Å². The van der Waals surface area contributed by atoms with Crippen LogP contribution >= 0.6 is 31.9 Å². The molecule has 0 radical (unpaired) electrons. The van der Waals surface area contributed by atoms with E-state index in [1.54, 1.807) is 0 Å². The Bertz CT molecular complexity index is 311. The molecule has 0 unspecified atom stereocenters. The first kappa shape index (κ1) is 11.3. The average molecular weight is 335 g/mol. The molecule has 1 aromatic heterocycles. The molecule has 1 saturated carbocycles. The Morgan fingerprint density at radius 2 is 2.00 bits per heavy atom. The van der Waals surface area contributed by atoms with E-state index in [9.17, 15) is 0 Å². The van der Waals surface area contributed by atoms with E-state index in [0.717, 1.165) is 22.3 Å². The van der Waals surface area contributed by atoms with E-state index in [4.69, 9.17) is 0 Å². The second kappa shape index (κ2) is 5.25. The second-order valence-corrected chi connectivity index (χ2v) is 5.38. The zero-order valence-corrected chi connectivity index (χ0v) is 11.5. The number of alkyl halides is 1. The lowest BCUT2D eigenvalue weighted by atomic mass is 9.92. The highest BCUT2D eigenvalue weighted by Gasteiger charge is 2.26. The van der Waals surface area contributed by atoms with Crippen molar-refractivity contribution >= 4 is 37.8 Å². The molecule has 0 N–H and O–H groups in total. The molecule has 5 heteroatoms. The first-order chi connectivity index (χ1) is 7.31. The van der Waals surface area contributed by atoms with Gasteiger partial charge in [-0.05, 0) is 35.2 Å². The minimum Gasteiger partial charge on any atom is -0.337 e. The van der Waals surface area contributed by atoms with Crippen molar-refractivity contribution in [3.8, 4) is 0 Å². The molecule has 2 rings (SSSR count). The fourth-order valence-corrected chi connectivity index (χ4v) is 2.28. The minimum absolute atomic E-state index is 0.642. The van der Waals surface area contributed by atoms with Gasteiger partial charge >= 0.3 is 0 Å². The Morgan fingerprint density at radius 3 is 2.47 bits per heavy atom. The van der Waals surface area contributed by atoms with Crippen LogP contribution in [0.15, 0.2) is 16.9 Å². The molecule has 0 bridgehead atoms. The highest BCUT2D eigenvalue weighted by molar-refractivity contribution is 9.10. The van der Waals surface area contributed by atoms with Crippen LogP contribution in [0.5, 0.6) is 0 Å². The summed E-state index contributed by atoms with van der Waals surface area (Å²) in [5.74, 6) is 0.849. The van der Waals surface area contributed by atoms with Gasteiger partial charge in [-0.15, -0.1) is 0 Å². The molecule has 0 aliphatic heterocycles. The third-order valence-electron chi connectivity index (χ3n) is 2.70. The SMILES string of the molecule is BrCCN(c1ncc(Br)cn1)C1CCC1. The van der Waals surface area contributed by atoms with Gasteiger partial charge in [-0.1, -0.05) is 15.9 Å². The summed E-state index contributed by atoms with van der Waals surface area (Å²) in [7, 11) is 0. The minimum atomic E-state index is 0.642. The van der Waals surface area contributed by atoms with Gasteiger partial charge in [0.15, 0.2) is 0 Å². The molecule has 0 saturated heterocycles. The topological polar surface area (TPSA) is 29.0 Å². The van der Waals surface area contributed by atoms with Gasteiger partial charge in [-0.25, -0.2) is 9.97 Å². The molecule has 0 spiro atoms. The van der Waals surface area contributed by atoms with Crippen LogP contribution in [0.4, 0.5) is 5.95 Å². The summed E-state index contributed by atoms with van der Waals surface area (Å²) in [4.78, 5) is 11.0. The van der Waals surface area contributed by atoms with Crippen molar-refractivity contribution in [1.29, 1.82) is 0 Å². The molecule has 1 aromatic rings. The first-order valence-electron chi connectivity index (χ1n) is 5.11. The second-order valence-electron chi connectivity index (χ2n) is 3.67. The zero-order chi connectivity index (χ0) is 10.7. The Hall–Kier alpha value is -0.160. The van der Waals surface area contributed by atoms with Gasteiger partial charge in [-0.2, -0.15) is 0 Å². The molecule has 0 amide bonds. The van der Waals surface area contributed by atoms with Gasteiger partial charge in [0.25, 0.3) is 0 Å². The summed E-state index contributed by atoms with van der Waals surface area (Å²) in [6, 6.07) is 0.642. The van der Waals surface area contributed by atoms with Crippen molar-refractivity contribution in [3.63, 3.8) is 0 Å². The first-order valence-corrected chi connectivity index (χ1v) is 7.03. The van der Waals surface area contributed by atoms with E-state index in [1.165, 1.54) is 19.3 Å². The van der Waals surface area contributed by atoms with Crippen LogP contribution in [0.25, 0.3) is 0 Å². The summed E-state index contributed by atoms with van der Waals surface area (Å²) >= 11 is 6.83. The number of halogens is 2. The molecular formula is C10H13Br2N3. The van der Waals surface area contributed by atoms with Gasteiger partial charge < -0.3 is 4.90 Å². The average Bonchev–Trinajstić information content (AvgIpc) is 2.16. The monoisotopic (exact) mass is 333 g/mol. The van der Waals surface area contributed by atoms with E-state index in [1.807, 2.05) is 12.4 Å². The molecule has 1 aliphatic rings. The fraction of sp³-hybridized carbons (Fsp3) is 0.600. The van der Waals surface area contributed by atoms with Crippen LogP contribution in [0.3, 0.4) is 0 Å². The molecule has 82 valence electrons. The highest BCUT2D eigenvalue weighted by atomic mass is 79.9. The summed E-state index contributed by atoms with van der Waals surface area (Å²) in [6.45, 7) is 0.978. The zero-order valence-electron chi connectivity index (χ0n) is 8.37. The lowest BCUT2D eigenvalue weighted by molar-refractivity contribution is 0.386. The lowest BCUT2D eigenvalue weighted by Crippen LogP contribution is -2.42. The predicted octanol–water partition coefficient (Wildman–Crippen LogP) is 2.99. The van der Waals surface area contributed by atoms with Crippen LogP contribution in [0, 0.1) is 0 Å². The number of hydrogen-bond donors (Lipinski definition) is 0. The van der Waals surface area contributed by atoms with Crippen molar-refractivity contribution in [3.05, 3.63) is 16.9 Å². The lowest BCUT2D eigenvalue weighted by Gasteiger charge is -2.37. The van der Waals surface area contributed by atoms with E-state index in [0.29, 0.717) is 6.04 Å². The molecular weight excluding hydrogens is 322 g/mol. The maximum Gasteiger partial charge on any atom is 0.225 e. The quantitative estimate of drug-likeness (QED) is 0.793. The van der Waals surface area contributed by atoms with Crippen LogP contribution < -0.4 is 4.90 Å². The van der Waals surface area contributed by atoms with Crippen molar-refractivity contribution in [1.82, 2.24) is 9.97 Å². The third-order valence-corrected chi connectivity index (χ3v) is 3.47. The molecule has 3 nitrogen and oxygen atoms in total. The Labute approximate surface area is 107 Å². The van der Waals surface area contributed by atoms with Crippen LogP contribution in [-0.2, 0) is 0 Å². The summed E-state index contributed by atoms with van der Waals surface area (Å²) in [6.07, 6.45) is 7.49. The molecule has 1 aliphatic carbocycles. The Morgan fingerprint density at radius 1 is 1.33 bits per heavy atom. The highest BCUT2D eigenvalue weighted by Crippen LogP contribution is 2.27. The van der Waals surface area contributed by atoms with Crippen molar-refractivity contribution < 1.29 is 0 Å². The van der Waals surface area contributed by atoms with E-state index >= 15 is 0 Å². The summed E-state index contributed by atoms with van der Waals surface area (Å²) in [5.41, 5.74) is 0. The van der Waals surface area contributed by atoms with Crippen LogP contribution in [0.2, 0.25) is 0 Å². The van der Waals surface area contributed by atoms with Crippen molar-refractivity contribution in [2.75, 3.05) is 16.8 Å². The van der Waals surface area contributed by atoms with E-state index in [2.05, 4.69) is 46.7 Å². The largest absolute Gasteiger partial charge is 0.337 e. The van der Waals surface area contributed by atoms with Gasteiger partial charge in [-0.3, -0.25) is 0 Å². The predicted molar refractivity (Wildman–Crippen MR) is 68.5 cm³/mol. The molecule has 1 heterocycles. The summed E-state index contributed by atoms with van der Waals surface area (Å²) < 4.78 is 0.929. The Balaban J connectivity index is 2.12. The fourth-order valence-electron chi connectivity index (χ4n) is 1.69. The maximum atomic E-state index is 4.35. The van der Waals surface area contributed by atoms with Crippen LogP contribution in [-0.4, -0.2) is 27.9 Å². The van der Waals surface area contributed by atoms with Gasteiger partial charge in [0.1, 0.15) is 0 Å². The standard InChI is InChI=1S/C10H13Br2N3/c11-4-5-15(9-2-1-3-9)10-13-6-8(12)7-14-10/h6-7,9H,1-5H2. The molecule has 15 heavy (non-hydrogen) atoms. The number of hydrogen-bond acceptors (Lipinski definition) is 3. The number of anilines is 1. The normalized spacial score (nSPS) is 16.1. The van der Waals surface area contributed by atoms with E-state index < -0.39 is 0 Å². The van der Waals surface area contributed by atoms with Gasteiger partial charge in [0.05, 0.1) is 4.47 Å². The Kier molecular flexibility index (Phi) is 3.97. The smallest absolute Gasteiger partial charge is 0.225 e. The molecule has 0 atom stereocenters. The molecule has 0 aromatic carbocycles. The number of aromatic nitrogens is 2. The molecule has 1 fully saturated rings. The van der Waals surface area contributed by atoms with Gasteiger partial charge in [0.2, 0.25) is 5.95 Å². The van der Waals surface area contributed by atoms with E-state index in [-0.39, 0.29) is 0 Å². The number of rotatable bonds is 4.